The summed E-state index contributed by atoms with van der Waals surface area (Å²) >= 11 is 7.28. The molecule has 1 atom stereocenters. The first-order chi connectivity index (χ1) is 7.51. The molecule has 5 heteroatoms. The van der Waals surface area contributed by atoms with E-state index < -0.39 is 5.41 Å². The predicted molar refractivity (Wildman–Crippen MR) is 68.6 cm³/mol. The number of hydrogen-bond acceptors (Lipinski definition) is 3. The number of rotatable bonds is 5. The molecule has 16 heavy (non-hydrogen) atoms. The molecule has 1 amide bonds. The van der Waals surface area contributed by atoms with Crippen molar-refractivity contribution in [3.63, 3.8) is 0 Å². The van der Waals surface area contributed by atoms with Crippen molar-refractivity contribution in [3.8, 4) is 0 Å². The summed E-state index contributed by atoms with van der Waals surface area (Å²) in [6, 6.07) is 3.74. The highest BCUT2D eigenvalue weighted by atomic mass is 35.5. The highest BCUT2D eigenvalue weighted by Gasteiger charge is 2.29. The molecule has 0 bridgehead atoms. The van der Waals surface area contributed by atoms with Crippen molar-refractivity contribution in [2.45, 2.75) is 26.8 Å². The molecule has 1 aromatic heterocycles. The minimum Gasteiger partial charge on any atom is -0.351 e. The molecule has 0 aromatic carbocycles. The molecule has 1 heterocycles. The van der Waals surface area contributed by atoms with Crippen LogP contribution in [0.25, 0.3) is 0 Å². The highest BCUT2D eigenvalue weighted by molar-refractivity contribution is 7.16. The van der Waals surface area contributed by atoms with Gasteiger partial charge in [-0.25, -0.2) is 0 Å². The van der Waals surface area contributed by atoms with Gasteiger partial charge in [0.05, 0.1) is 16.3 Å². The SMILES string of the molecule is CCC(C)(CN)C(=O)NCc1ccc(Cl)s1. The Morgan fingerprint density at radius 3 is 2.75 bits per heavy atom. The molecule has 0 aliphatic rings. The number of carbonyl (C=O) groups is 1. The first kappa shape index (κ1) is 13.5. The summed E-state index contributed by atoms with van der Waals surface area (Å²) in [6.07, 6.45) is 0.737. The van der Waals surface area contributed by atoms with E-state index in [1.807, 2.05) is 26.0 Å². The van der Waals surface area contributed by atoms with Crippen LogP contribution >= 0.6 is 22.9 Å². The third kappa shape index (κ3) is 3.20. The van der Waals surface area contributed by atoms with E-state index in [-0.39, 0.29) is 5.91 Å². The van der Waals surface area contributed by atoms with Crippen LogP contribution in [0, 0.1) is 5.41 Å². The molecule has 0 saturated carbocycles. The molecule has 0 spiro atoms. The summed E-state index contributed by atoms with van der Waals surface area (Å²) < 4.78 is 0.737. The van der Waals surface area contributed by atoms with E-state index >= 15 is 0 Å². The number of nitrogens with one attached hydrogen (secondary N) is 1. The Bertz CT molecular complexity index is 361. The molecule has 0 radical (unpaired) electrons. The zero-order valence-electron chi connectivity index (χ0n) is 9.55. The molecule has 3 nitrogen and oxygen atoms in total. The van der Waals surface area contributed by atoms with E-state index in [1.165, 1.54) is 11.3 Å². The Morgan fingerprint density at radius 2 is 2.31 bits per heavy atom. The third-order valence-corrected chi connectivity index (χ3v) is 4.06. The maximum atomic E-state index is 11.9. The number of carbonyl (C=O) groups excluding carboxylic acids is 1. The van der Waals surface area contributed by atoms with E-state index in [1.54, 1.807) is 0 Å². The second-order valence-electron chi connectivity index (χ2n) is 4.01. The third-order valence-electron chi connectivity index (χ3n) is 2.83. The number of thiophene rings is 1. The lowest BCUT2D eigenvalue weighted by Gasteiger charge is -2.24. The van der Waals surface area contributed by atoms with Gasteiger partial charge in [0.1, 0.15) is 0 Å². The van der Waals surface area contributed by atoms with E-state index in [4.69, 9.17) is 17.3 Å². The molecule has 90 valence electrons. The maximum absolute atomic E-state index is 11.9. The molecule has 0 saturated heterocycles. The Kier molecular flexibility index (Phi) is 4.77. The lowest BCUT2D eigenvalue weighted by atomic mass is 9.87. The lowest BCUT2D eigenvalue weighted by molar-refractivity contribution is -0.130. The van der Waals surface area contributed by atoms with Crippen molar-refractivity contribution in [1.29, 1.82) is 0 Å². The standard InChI is InChI=1S/C11H17ClN2OS/c1-3-11(2,7-13)10(15)14-6-8-4-5-9(12)16-8/h4-5H,3,6-7,13H2,1-2H3,(H,14,15). The Balaban J connectivity index is 2.52. The molecular formula is C11H17ClN2OS. The minimum atomic E-state index is -0.471. The first-order valence-corrected chi connectivity index (χ1v) is 6.44. The highest BCUT2D eigenvalue weighted by Crippen LogP contribution is 2.22. The van der Waals surface area contributed by atoms with Crippen LogP contribution < -0.4 is 11.1 Å². The van der Waals surface area contributed by atoms with Gasteiger partial charge in [-0.05, 0) is 25.5 Å². The van der Waals surface area contributed by atoms with Gasteiger partial charge in [0.2, 0.25) is 5.91 Å². The Hall–Kier alpha value is -0.580. The van der Waals surface area contributed by atoms with E-state index in [9.17, 15) is 4.79 Å². The molecule has 0 aliphatic carbocycles. The molecule has 1 unspecified atom stereocenters. The molecule has 0 fully saturated rings. The van der Waals surface area contributed by atoms with Crippen molar-refractivity contribution >= 4 is 28.8 Å². The number of nitrogens with two attached hydrogens (primary N) is 1. The number of halogens is 1. The van der Waals surface area contributed by atoms with E-state index in [0.29, 0.717) is 13.1 Å². The summed E-state index contributed by atoms with van der Waals surface area (Å²) in [5.41, 5.74) is 5.14. The van der Waals surface area contributed by atoms with Crippen molar-refractivity contribution < 1.29 is 4.79 Å². The molecule has 1 aromatic rings. The van der Waals surface area contributed by atoms with Crippen LogP contribution in [-0.4, -0.2) is 12.5 Å². The quantitative estimate of drug-likeness (QED) is 0.854. The normalized spacial score (nSPS) is 14.5. The zero-order chi connectivity index (χ0) is 12.2. The molecule has 0 aliphatic heterocycles. The summed E-state index contributed by atoms with van der Waals surface area (Å²) in [6.45, 7) is 4.73. The lowest BCUT2D eigenvalue weighted by Crippen LogP contribution is -2.43. The minimum absolute atomic E-state index is 0.00187. The summed E-state index contributed by atoms with van der Waals surface area (Å²) in [5, 5.41) is 2.89. The summed E-state index contributed by atoms with van der Waals surface area (Å²) in [7, 11) is 0. The van der Waals surface area contributed by atoms with E-state index in [2.05, 4.69) is 5.32 Å². The van der Waals surface area contributed by atoms with Gasteiger partial charge in [-0.15, -0.1) is 11.3 Å². The summed E-state index contributed by atoms with van der Waals surface area (Å²) in [4.78, 5) is 12.9. The van der Waals surface area contributed by atoms with E-state index in [0.717, 1.165) is 15.6 Å². The Labute approximate surface area is 105 Å². The second kappa shape index (κ2) is 5.66. The monoisotopic (exact) mass is 260 g/mol. The fraction of sp³-hybridized carbons (Fsp3) is 0.545. The van der Waals surface area contributed by atoms with Crippen LogP contribution in [0.1, 0.15) is 25.1 Å². The topological polar surface area (TPSA) is 55.1 Å². The van der Waals surface area contributed by atoms with Gasteiger partial charge < -0.3 is 11.1 Å². The predicted octanol–water partition coefficient (Wildman–Crippen LogP) is 2.39. The van der Waals surface area contributed by atoms with Crippen LogP contribution in [0.2, 0.25) is 4.34 Å². The molecule has 3 N–H and O–H groups in total. The second-order valence-corrected chi connectivity index (χ2v) is 5.81. The first-order valence-electron chi connectivity index (χ1n) is 5.24. The van der Waals surface area contributed by atoms with Crippen LogP contribution in [0.5, 0.6) is 0 Å². The van der Waals surface area contributed by atoms with Crippen LogP contribution in [0.15, 0.2) is 12.1 Å². The van der Waals surface area contributed by atoms with Crippen molar-refractivity contribution in [1.82, 2.24) is 5.32 Å². The van der Waals surface area contributed by atoms with Crippen molar-refractivity contribution in [2.75, 3.05) is 6.54 Å². The van der Waals surface area contributed by atoms with Gasteiger partial charge in [0.25, 0.3) is 0 Å². The average Bonchev–Trinajstić information content (AvgIpc) is 2.70. The smallest absolute Gasteiger partial charge is 0.227 e. The number of hydrogen-bond donors (Lipinski definition) is 2. The van der Waals surface area contributed by atoms with Crippen LogP contribution in [0.3, 0.4) is 0 Å². The Morgan fingerprint density at radius 1 is 1.62 bits per heavy atom. The molecular weight excluding hydrogens is 244 g/mol. The fourth-order valence-electron chi connectivity index (χ4n) is 1.23. The maximum Gasteiger partial charge on any atom is 0.227 e. The average molecular weight is 261 g/mol. The van der Waals surface area contributed by atoms with Crippen LogP contribution in [-0.2, 0) is 11.3 Å². The largest absolute Gasteiger partial charge is 0.351 e. The van der Waals surface area contributed by atoms with Gasteiger partial charge in [-0.3, -0.25) is 4.79 Å². The van der Waals surface area contributed by atoms with Gasteiger partial charge in [-0.2, -0.15) is 0 Å². The van der Waals surface area contributed by atoms with Crippen molar-refractivity contribution in [3.05, 3.63) is 21.3 Å². The zero-order valence-corrected chi connectivity index (χ0v) is 11.1. The molecule has 1 rings (SSSR count). The van der Waals surface area contributed by atoms with Gasteiger partial charge in [0.15, 0.2) is 0 Å². The van der Waals surface area contributed by atoms with Gasteiger partial charge >= 0.3 is 0 Å². The van der Waals surface area contributed by atoms with Gasteiger partial charge in [0, 0.05) is 11.4 Å². The van der Waals surface area contributed by atoms with Gasteiger partial charge in [-0.1, -0.05) is 18.5 Å². The fourth-order valence-corrected chi connectivity index (χ4v) is 2.25. The number of amides is 1. The van der Waals surface area contributed by atoms with Crippen molar-refractivity contribution in [2.24, 2.45) is 11.1 Å². The van der Waals surface area contributed by atoms with Crippen LogP contribution in [0.4, 0.5) is 0 Å². The summed E-state index contributed by atoms with van der Waals surface area (Å²) in [5.74, 6) is 0.00187.